The van der Waals surface area contributed by atoms with Gasteiger partial charge in [0, 0.05) is 83.8 Å². The van der Waals surface area contributed by atoms with Gasteiger partial charge in [-0.15, -0.1) is 0 Å². The smallest absolute Gasteiger partial charge is 0.326 e. The number of ketones is 1. The van der Waals surface area contributed by atoms with Crippen molar-refractivity contribution in [1.29, 1.82) is 0 Å². The Kier molecular flexibility index (Phi) is 19.9. The van der Waals surface area contributed by atoms with Crippen LogP contribution in [0.2, 0.25) is 0 Å². The van der Waals surface area contributed by atoms with Crippen LogP contribution in [0.1, 0.15) is 59.8 Å². The number of carbonyl (C=O) groups is 7. The zero-order chi connectivity index (χ0) is 39.7. The van der Waals surface area contributed by atoms with Crippen molar-refractivity contribution in [2.24, 2.45) is 11.8 Å². The van der Waals surface area contributed by atoms with Crippen molar-refractivity contribution in [3.63, 3.8) is 0 Å². The maximum atomic E-state index is 13.2. The number of amides is 2. The third-order valence-corrected chi connectivity index (χ3v) is 9.64. The number of piperidine rings is 1. The minimum Gasteiger partial charge on any atom is -0.480 e. The second kappa shape index (κ2) is 23.2. The van der Waals surface area contributed by atoms with E-state index < -0.39 is 35.8 Å². The summed E-state index contributed by atoms with van der Waals surface area (Å²) in [5.74, 6) is -4.96. The van der Waals surface area contributed by atoms with E-state index in [0.717, 1.165) is 12.8 Å². The van der Waals surface area contributed by atoms with Gasteiger partial charge in [0.1, 0.15) is 6.04 Å². The fraction of sp³-hybridized carbons (Fsp3) is 0.800. The van der Waals surface area contributed by atoms with Crippen molar-refractivity contribution in [3.05, 3.63) is 0 Å². The summed E-state index contributed by atoms with van der Waals surface area (Å²) in [6.45, 7) is 9.35. The summed E-state index contributed by atoms with van der Waals surface area (Å²) in [7, 11) is 0. The number of carbonyl (C=O) groups excluding carboxylic acids is 3. The Bertz CT molecular complexity index is 1210. The summed E-state index contributed by atoms with van der Waals surface area (Å²) in [6, 6.07) is -1.41. The molecule has 2 heterocycles. The highest BCUT2D eigenvalue weighted by Crippen LogP contribution is 2.24. The van der Waals surface area contributed by atoms with Crippen molar-refractivity contribution in [3.8, 4) is 0 Å². The average molecular weight is 756 g/mol. The van der Waals surface area contributed by atoms with E-state index in [1.807, 2.05) is 27.7 Å². The summed E-state index contributed by atoms with van der Waals surface area (Å²) in [5.41, 5.74) is 0. The Labute approximate surface area is 311 Å². The molecule has 6 N–H and O–H groups in total. The minimum absolute atomic E-state index is 0.0812. The number of hydrogen-bond donors (Lipinski definition) is 6. The maximum Gasteiger partial charge on any atom is 0.326 e. The molecule has 0 aromatic heterocycles. The van der Waals surface area contributed by atoms with Crippen LogP contribution < -0.4 is 10.6 Å². The van der Waals surface area contributed by atoms with Crippen LogP contribution in [0.25, 0.3) is 0 Å². The largest absolute Gasteiger partial charge is 0.480 e. The second-order valence-electron chi connectivity index (χ2n) is 14.8. The molecule has 53 heavy (non-hydrogen) atoms. The van der Waals surface area contributed by atoms with Crippen molar-refractivity contribution in [1.82, 2.24) is 35.1 Å². The molecule has 2 aliphatic heterocycles. The summed E-state index contributed by atoms with van der Waals surface area (Å²) in [5, 5.41) is 44.0. The Morgan fingerprint density at radius 1 is 0.604 bits per heavy atom. The van der Waals surface area contributed by atoms with Gasteiger partial charge in [0.15, 0.2) is 5.78 Å². The van der Waals surface area contributed by atoms with E-state index in [0.29, 0.717) is 19.5 Å². The van der Waals surface area contributed by atoms with Crippen molar-refractivity contribution in [2.45, 2.75) is 77.9 Å². The van der Waals surface area contributed by atoms with Gasteiger partial charge in [0.2, 0.25) is 11.8 Å². The molecule has 0 radical (unpaired) electrons. The molecule has 2 fully saturated rings. The van der Waals surface area contributed by atoms with Crippen molar-refractivity contribution >= 4 is 41.5 Å². The highest BCUT2D eigenvalue weighted by Gasteiger charge is 2.30. The molecule has 2 rings (SSSR count). The van der Waals surface area contributed by atoms with E-state index in [1.165, 1.54) is 0 Å². The molecule has 0 bridgehead atoms. The Morgan fingerprint density at radius 3 is 1.38 bits per heavy atom. The van der Waals surface area contributed by atoms with Crippen LogP contribution in [0.4, 0.5) is 0 Å². The van der Waals surface area contributed by atoms with Crippen LogP contribution in [0.5, 0.6) is 0 Å². The molecule has 2 atom stereocenters. The Morgan fingerprint density at radius 2 is 1.02 bits per heavy atom. The molecule has 18 heteroatoms. The molecule has 0 saturated carbocycles. The molecule has 0 spiro atoms. The zero-order valence-electron chi connectivity index (χ0n) is 31.7. The van der Waals surface area contributed by atoms with Crippen LogP contribution in [-0.4, -0.2) is 196 Å². The SMILES string of the molecule is CC(C)N[C@@H](CC1CCN(C(=O)CC[C@H](NC(=O)CN2CCN(CC(=O)O)CCN(CC(=O)O)CCN(CC(=O)O)CC2)C(=O)O)CC1)C(=O)C(C)C. The fourth-order valence-electron chi connectivity index (χ4n) is 6.73. The van der Waals surface area contributed by atoms with Crippen LogP contribution >= 0.6 is 0 Å². The lowest BCUT2D eigenvalue weighted by atomic mass is 9.86. The van der Waals surface area contributed by atoms with Gasteiger partial charge in [0.05, 0.1) is 32.2 Å². The lowest BCUT2D eigenvalue weighted by Gasteiger charge is -2.34. The Hall–Kier alpha value is -3.71. The molecule has 0 aromatic rings. The molecule has 302 valence electrons. The van der Waals surface area contributed by atoms with E-state index in [2.05, 4.69) is 10.6 Å². The first-order valence-electron chi connectivity index (χ1n) is 18.6. The first-order valence-corrected chi connectivity index (χ1v) is 18.6. The van der Waals surface area contributed by atoms with Crippen molar-refractivity contribution in [2.75, 3.05) is 91.6 Å². The van der Waals surface area contributed by atoms with E-state index in [-0.39, 0.29) is 127 Å². The van der Waals surface area contributed by atoms with Crippen LogP contribution in [0.3, 0.4) is 0 Å². The number of hydrogen-bond acceptors (Lipinski definition) is 12. The van der Waals surface area contributed by atoms with Gasteiger partial charge < -0.3 is 36.0 Å². The molecule has 0 aromatic carbocycles. The Balaban J connectivity index is 1.99. The standard InChI is InChI=1S/C35H61N7O11/c1-24(2)34(51)28(36-25(3)4)19-26-7-9-42(10-8-26)30(44)6-5-27(35(52)53)37-29(43)20-38-11-13-39(21-31(45)46)15-17-41(23-33(49)50)18-16-40(14-12-38)22-32(47)48/h24-28,36H,5-23H2,1-4H3,(H,37,43)(H,45,46)(H,47,48)(H,49,50)(H,52,53)/t27-,28-/m0/s1. The van der Waals surface area contributed by atoms with Crippen LogP contribution in [0.15, 0.2) is 0 Å². The van der Waals surface area contributed by atoms with E-state index in [4.69, 9.17) is 0 Å². The van der Waals surface area contributed by atoms with Crippen LogP contribution in [0, 0.1) is 11.8 Å². The highest BCUT2D eigenvalue weighted by atomic mass is 16.4. The first kappa shape index (κ1) is 45.4. The van der Waals surface area contributed by atoms with Gasteiger partial charge in [0.25, 0.3) is 0 Å². The topological polar surface area (TPSA) is 241 Å². The van der Waals surface area contributed by atoms with E-state index in [9.17, 15) is 54.0 Å². The average Bonchev–Trinajstić information content (AvgIpc) is 3.06. The quantitative estimate of drug-likeness (QED) is 0.0930. The summed E-state index contributed by atoms with van der Waals surface area (Å²) in [6.07, 6.45) is 1.96. The third kappa shape index (κ3) is 18.3. The maximum absolute atomic E-state index is 13.2. The summed E-state index contributed by atoms with van der Waals surface area (Å²) in [4.78, 5) is 93.9. The molecule has 2 aliphatic rings. The summed E-state index contributed by atoms with van der Waals surface area (Å²) >= 11 is 0. The lowest BCUT2D eigenvalue weighted by Crippen LogP contribution is -2.51. The molecule has 2 saturated heterocycles. The number of carboxylic acid groups (broad SMARTS) is 4. The predicted molar refractivity (Wildman–Crippen MR) is 193 cm³/mol. The number of aliphatic carboxylic acids is 4. The number of likely N-dealkylation sites (tertiary alicyclic amines) is 1. The van der Waals surface area contributed by atoms with E-state index in [1.54, 1.807) is 24.5 Å². The van der Waals surface area contributed by atoms with Crippen LogP contribution in [-0.2, 0) is 33.6 Å². The molecule has 0 aliphatic carbocycles. The monoisotopic (exact) mass is 755 g/mol. The third-order valence-electron chi connectivity index (χ3n) is 9.64. The lowest BCUT2D eigenvalue weighted by molar-refractivity contribution is -0.143. The normalized spacial score (nSPS) is 19.2. The van der Waals surface area contributed by atoms with Gasteiger partial charge in [-0.2, -0.15) is 0 Å². The van der Waals surface area contributed by atoms with Gasteiger partial charge in [-0.05, 0) is 31.6 Å². The van der Waals surface area contributed by atoms with E-state index >= 15 is 0 Å². The fourth-order valence-corrected chi connectivity index (χ4v) is 6.73. The van der Waals surface area contributed by atoms with Gasteiger partial charge in [-0.25, -0.2) is 4.79 Å². The predicted octanol–water partition coefficient (Wildman–Crippen LogP) is -0.968. The van der Waals surface area contributed by atoms with Crippen molar-refractivity contribution < 1.29 is 54.0 Å². The number of Topliss-reactive ketones (excluding diaryl/α,β-unsaturated/α-hetero) is 1. The van der Waals surface area contributed by atoms with Gasteiger partial charge in [-0.3, -0.25) is 48.4 Å². The van der Waals surface area contributed by atoms with Gasteiger partial charge in [-0.1, -0.05) is 27.7 Å². The number of carboxylic acids is 4. The molecule has 0 unspecified atom stereocenters. The van der Waals surface area contributed by atoms with Gasteiger partial charge >= 0.3 is 23.9 Å². The number of rotatable bonds is 19. The molecule has 2 amide bonds. The molecule has 18 nitrogen and oxygen atoms in total. The number of nitrogens with one attached hydrogen (secondary N) is 2. The first-order chi connectivity index (χ1) is 24.9. The number of nitrogens with zero attached hydrogens (tertiary/aromatic N) is 5. The molecular weight excluding hydrogens is 694 g/mol. The highest BCUT2D eigenvalue weighted by molar-refractivity contribution is 5.86. The summed E-state index contributed by atoms with van der Waals surface area (Å²) < 4.78 is 0. The zero-order valence-corrected chi connectivity index (χ0v) is 31.7. The molecular formula is C35H61N7O11. The second-order valence-corrected chi connectivity index (χ2v) is 14.8. The minimum atomic E-state index is -1.33.